The van der Waals surface area contributed by atoms with E-state index in [1.807, 2.05) is 0 Å². The van der Waals surface area contributed by atoms with Crippen LogP contribution < -0.4 is 0 Å². The monoisotopic (exact) mass is 212 g/mol. The molecular formula is C13H28N2. The van der Waals surface area contributed by atoms with Crippen molar-refractivity contribution in [3.8, 4) is 0 Å². The quantitative estimate of drug-likeness (QED) is 0.690. The number of hydrogen-bond donors (Lipinski definition) is 0. The molecule has 90 valence electrons. The Hall–Kier alpha value is -0.0800. The van der Waals surface area contributed by atoms with E-state index in [4.69, 9.17) is 0 Å². The first-order chi connectivity index (χ1) is 7.08. The average Bonchev–Trinajstić information content (AvgIpc) is 2.16. The van der Waals surface area contributed by atoms with Crippen LogP contribution >= 0.6 is 0 Å². The molecule has 0 radical (unpaired) electrons. The summed E-state index contributed by atoms with van der Waals surface area (Å²) in [5.74, 6) is 1.88. The fraction of sp³-hybridized carbons (Fsp3) is 1.00. The Morgan fingerprint density at radius 1 is 1.20 bits per heavy atom. The normalized spacial score (nSPS) is 20.4. The number of rotatable bonds is 5. The summed E-state index contributed by atoms with van der Waals surface area (Å²) in [5.41, 5.74) is 0. The van der Waals surface area contributed by atoms with Crippen LogP contribution in [0.25, 0.3) is 0 Å². The van der Waals surface area contributed by atoms with E-state index in [2.05, 4.69) is 37.7 Å². The van der Waals surface area contributed by atoms with Gasteiger partial charge in [0, 0.05) is 13.1 Å². The van der Waals surface area contributed by atoms with Gasteiger partial charge in [-0.1, -0.05) is 13.8 Å². The zero-order chi connectivity index (χ0) is 11.3. The summed E-state index contributed by atoms with van der Waals surface area (Å²) in [7, 11) is 4.32. The van der Waals surface area contributed by atoms with Gasteiger partial charge in [0.2, 0.25) is 0 Å². The standard InChI is InChI=1S/C13H28N2/c1-12(2)11-13-5-7-15(8-6-13)10-9-14(3)4/h12-13H,5-11H2,1-4H3. The molecule has 2 heteroatoms. The molecule has 1 saturated heterocycles. The van der Waals surface area contributed by atoms with Crippen LogP contribution in [0.4, 0.5) is 0 Å². The van der Waals surface area contributed by atoms with Gasteiger partial charge < -0.3 is 9.80 Å². The van der Waals surface area contributed by atoms with E-state index in [1.165, 1.54) is 45.4 Å². The van der Waals surface area contributed by atoms with Crippen LogP contribution in [-0.4, -0.2) is 50.1 Å². The van der Waals surface area contributed by atoms with E-state index < -0.39 is 0 Å². The smallest absolute Gasteiger partial charge is 0.0109 e. The number of hydrogen-bond acceptors (Lipinski definition) is 2. The zero-order valence-corrected chi connectivity index (χ0v) is 11.0. The Labute approximate surface area is 95.6 Å². The molecule has 2 nitrogen and oxygen atoms in total. The highest BCUT2D eigenvalue weighted by Crippen LogP contribution is 2.23. The Bertz CT molecular complexity index is 158. The van der Waals surface area contributed by atoms with Gasteiger partial charge in [-0.3, -0.25) is 0 Å². The first-order valence-corrected chi connectivity index (χ1v) is 6.45. The Morgan fingerprint density at radius 2 is 1.80 bits per heavy atom. The summed E-state index contributed by atoms with van der Waals surface area (Å²) in [4.78, 5) is 4.90. The van der Waals surface area contributed by atoms with Gasteiger partial charge in [0.15, 0.2) is 0 Å². The zero-order valence-electron chi connectivity index (χ0n) is 11.0. The van der Waals surface area contributed by atoms with Crippen LogP contribution in [0.2, 0.25) is 0 Å². The lowest BCUT2D eigenvalue weighted by atomic mass is 9.89. The lowest BCUT2D eigenvalue weighted by molar-refractivity contribution is 0.159. The minimum atomic E-state index is 0.878. The molecule has 1 heterocycles. The summed E-state index contributed by atoms with van der Waals surface area (Å²) in [6, 6.07) is 0. The summed E-state index contributed by atoms with van der Waals surface area (Å²) in [6.07, 6.45) is 4.28. The van der Waals surface area contributed by atoms with Crippen LogP contribution in [0.15, 0.2) is 0 Å². The van der Waals surface area contributed by atoms with Crippen LogP contribution in [0.1, 0.15) is 33.1 Å². The second-order valence-electron chi connectivity index (χ2n) is 5.72. The Morgan fingerprint density at radius 3 is 2.27 bits per heavy atom. The molecule has 1 aliphatic rings. The molecule has 0 aliphatic carbocycles. The van der Waals surface area contributed by atoms with Crippen molar-refractivity contribution in [3.63, 3.8) is 0 Å². The van der Waals surface area contributed by atoms with Crippen molar-refractivity contribution >= 4 is 0 Å². The third-order valence-electron chi connectivity index (χ3n) is 3.38. The maximum atomic E-state index is 2.62. The number of nitrogens with zero attached hydrogens (tertiary/aromatic N) is 2. The molecule has 0 spiro atoms. The first kappa shape index (κ1) is 13.0. The molecule has 0 N–H and O–H groups in total. The van der Waals surface area contributed by atoms with Gasteiger partial charge in [-0.15, -0.1) is 0 Å². The number of likely N-dealkylation sites (N-methyl/N-ethyl adjacent to an activating group) is 1. The predicted octanol–water partition coefficient (Wildman–Crippen LogP) is 2.31. The van der Waals surface area contributed by atoms with E-state index in [9.17, 15) is 0 Å². The molecule has 0 atom stereocenters. The fourth-order valence-electron chi connectivity index (χ4n) is 2.45. The van der Waals surface area contributed by atoms with Crippen molar-refractivity contribution in [2.75, 3.05) is 40.3 Å². The molecule has 0 saturated carbocycles. The predicted molar refractivity (Wildman–Crippen MR) is 67.2 cm³/mol. The molecule has 0 unspecified atom stereocenters. The van der Waals surface area contributed by atoms with Crippen molar-refractivity contribution in [1.82, 2.24) is 9.80 Å². The molecule has 1 rings (SSSR count). The summed E-state index contributed by atoms with van der Waals surface area (Å²) in [6.45, 7) is 9.80. The average molecular weight is 212 g/mol. The molecule has 0 aromatic heterocycles. The first-order valence-electron chi connectivity index (χ1n) is 6.45. The second kappa shape index (κ2) is 6.49. The fourth-order valence-corrected chi connectivity index (χ4v) is 2.45. The summed E-state index contributed by atoms with van der Waals surface area (Å²) < 4.78 is 0. The lowest BCUT2D eigenvalue weighted by Crippen LogP contribution is -2.38. The van der Waals surface area contributed by atoms with Gasteiger partial charge in [-0.05, 0) is 58.3 Å². The highest BCUT2D eigenvalue weighted by atomic mass is 15.2. The number of likely N-dealkylation sites (tertiary alicyclic amines) is 1. The van der Waals surface area contributed by atoms with Crippen molar-refractivity contribution in [2.45, 2.75) is 33.1 Å². The van der Waals surface area contributed by atoms with Crippen LogP contribution in [0.3, 0.4) is 0 Å². The summed E-state index contributed by atoms with van der Waals surface area (Å²) in [5, 5.41) is 0. The Kier molecular flexibility index (Phi) is 5.62. The van der Waals surface area contributed by atoms with Crippen LogP contribution in [-0.2, 0) is 0 Å². The minimum absolute atomic E-state index is 0.878. The maximum absolute atomic E-state index is 2.62. The topological polar surface area (TPSA) is 6.48 Å². The molecule has 1 fully saturated rings. The molecule has 0 bridgehead atoms. The number of piperidine rings is 1. The molecule has 15 heavy (non-hydrogen) atoms. The van der Waals surface area contributed by atoms with Gasteiger partial charge in [-0.25, -0.2) is 0 Å². The third-order valence-corrected chi connectivity index (χ3v) is 3.38. The minimum Gasteiger partial charge on any atom is -0.308 e. The lowest BCUT2D eigenvalue weighted by Gasteiger charge is -2.33. The van der Waals surface area contributed by atoms with Crippen molar-refractivity contribution < 1.29 is 0 Å². The largest absolute Gasteiger partial charge is 0.308 e. The van der Waals surface area contributed by atoms with E-state index in [1.54, 1.807) is 0 Å². The second-order valence-corrected chi connectivity index (χ2v) is 5.72. The van der Waals surface area contributed by atoms with Gasteiger partial charge >= 0.3 is 0 Å². The van der Waals surface area contributed by atoms with Crippen molar-refractivity contribution in [1.29, 1.82) is 0 Å². The molecule has 1 aliphatic heterocycles. The Balaban J connectivity index is 2.12. The molecule has 0 aromatic rings. The molecule has 0 aromatic carbocycles. The maximum Gasteiger partial charge on any atom is 0.0109 e. The van der Waals surface area contributed by atoms with Gasteiger partial charge in [0.25, 0.3) is 0 Å². The van der Waals surface area contributed by atoms with Gasteiger partial charge in [0.05, 0.1) is 0 Å². The highest BCUT2D eigenvalue weighted by molar-refractivity contribution is 4.73. The van der Waals surface area contributed by atoms with Crippen molar-refractivity contribution in [2.24, 2.45) is 11.8 Å². The van der Waals surface area contributed by atoms with E-state index in [0.717, 1.165) is 11.8 Å². The van der Waals surface area contributed by atoms with Gasteiger partial charge in [-0.2, -0.15) is 0 Å². The third kappa shape index (κ3) is 5.53. The molecule has 0 amide bonds. The van der Waals surface area contributed by atoms with E-state index >= 15 is 0 Å². The van der Waals surface area contributed by atoms with Gasteiger partial charge in [0.1, 0.15) is 0 Å². The summed E-state index contributed by atoms with van der Waals surface area (Å²) >= 11 is 0. The van der Waals surface area contributed by atoms with E-state index in [0.29, 0.717) is 0 Å². The highest BCUT2D eigenvalue weighted by Gasteiger charge is 2.19. The van der Waals surface area contributed by atoms with Crippen molar-refractivity contribution in [3.05, 3.63) is 0 Å². The van der Waals surface area contributed by atoms with E-state index in [-0.39, 0.29) is 0 Å². The van der Waals surface area contributed by atoms with Crippen LogP contribution in [0.5, 0.6) is 0 Å². The SMILES string of the molecule is CC(C)CC1CCN(CCN(C)C)CC1. The molecular weight excluding hydrogens is 184 g/mol. The van der Waals surface area contributed by atoms with Crippen LogP contribution in [0, 0.1) is 11.8 Å².